The number of aromatic nitrogens is 1. The third-order valence-corrected chi connectivity index (χ3v) is 4.97. The van der Waals surface area contributed by atoms with E-state index in [-0.39, 0.29) is 18.4 Å². The number of carbonyl (C=O) groups is 2. The van der Waals surface area contributed by atoms with Crippen molar-refractivity contribution in [2.75, 3.05) is 11.9 Å². The second-order valence-electron chi connectivity index (χ2n) is 6.34. The van der Waals surface area contributed by atoms with Crippen molar-refractivity contribution in [3.63, 3.8) is 0 Å². The van der Waals surface area contributed by atoms with Crippen LogP contribution in [0.1, 0.15) is 31.9 Å². The van der Waals surface area contributed by atoms with Crippen LogP contribution >= 0.6 is 11.3 Å². The molecule has 1 aromatic heterocycles. The number of benzene rings is 2. The van der Waals surface area contributed by atoms with Crippen molar-refractivity contribution in [3.05, 3.63) is 81.9 Å². The lowest BCUT2D eigenvalue weighted by molar-refractivity contribution is -0.115. The van der Waals surface area contributed by atoms with Gasteiger partial charge in [0.05, 0.1) is 6.54 Å². The maximum Gasteiger partial charge on any atom is 0.251 e. The van der Waals surface area contributed by atoms with Crippen LogP contribution in [-0.2, 0) is 11.2 Å². The Hall–Kier alpha value is -2.99. The van der Waals surface area contributed by atoms with Crippen molar-refractivity contribution in [3.8, 4) is 0 Å². The Morgan fingerprint density at radius 3 is 2.67 bits per heavy atom. The van der Waals surface area contributed by atoms with Crippen molar-refractivity contribution in [2.24, 2.45) is 0 Å². The number of hydrogen-bond donors (Lipinski definition) is 2. The quantitative estimate of drug-likeness (QED) is 0.686. The summed E-state index contributed by atoms with van der Waals surface area (Å²) in [6, 6.07) is 15.6. The molecule has 3 rings (SSSR count). The second-order valence-corrected chi connectivity index (χ2v) is 7.46. The predicted molar refractivity (Wildman–Crippen MR) is 108 cm³/mol. The van der Waals surface area contributed by atoms with Gasteiger partial charge in [-0.3, -0.25) is 9.59 Å². The standard InChI is InChI=1S/C21H21N3O2S/c1-14-6-5-8-16(10-14)11-17-12-23-21(27-17)24-19(25)13-22-20(26)18-9-4-3-7-15(18)2/h3-10,12H,11,13H2,1-2H3,(H,22,26)(H,23,24,25). The van der Waals surface area contributed by atoms with E-state index in [1.165, 1.54) is 22.5 Å². The van der Waals surface area contributed by atoms with Gasteiger partial charge in [0.25, 0.3) is 5.91 Å². The van der Waals surface area contributed by atoms with Crippen LogP contribution in [0.25, 0.3) is 0 Å². The number of hydrogen-bond acceptors (Lipinski definition) is 4. The normalized spacial score (nSPS) is 10.4. The van der Waals surface area contributed by atoms with Crippen molar-refractivity contribution in [1.82, 2.24) is 10.3 Å². The molecule has 2 amide bonds. The zero-order valence-corrected chi connectivity index (χ0v) is 16.1. The predicted octanol–water partition coefficient (Wildman–Crippen LogP) is 3.72. The van der Waals surface area contributed by atoms with Gasteiger partial charge < -0.3 is 10.6 Å². The number of nitrogens with one attached hydrogen (secondary N) is 2. The van der Waals surface area contributed by atoms with E-state index in [0.717, 1.165) is 16.9 Å². The first-order valence-corrected chi connectivity index (χ1v) is 9.47. The van der Waals surface area contributed by atoms with Crippen LogP contribution in [0.15, 0.2) is 54.7 Å². The maximum absolute atomic E-state index is 12.2. The maximum atomic E-state index is 12.2. The molecule has 3 aromatic rings. The van der Waals surface area contributed by atoms with E-state index in [0.29, 0.717) is 10.7 Å². The Bertz CT molecular complexity index is 965. The van der Waals surface area contributed by atoms with Gasteiger partial charge >= 0.3 is 0 Å². The van der Waals surface area contributed by atoms with Crippen molar-refractivity contribution in [1.29, 1.82) is 0 Å². The number of carbonyl (C=O) groups excluding carboxylic acids is 2. The zero-order valence-electron chi connectivity index (χ0n) is 15.3. The molecule has 0 aliphatic rings. The summed E-state index contributed by atoms with van der Waals surface area (Å²) < 4.78 is 0. The number of anilines is 1. The van der Waals surface area contributed by atoms with E-state index >= 15 is 0 Å². The lowest BCUT2D eigenvalue weighted by Crippen LogP contribution is -2.33. The lowest BCUT2D eigenvalue weighted by atomic mass is 10.1. The first-order chi connectivity index (χ1) is 13.0. The summed E-state index contributed by atoms with van der Waals surface area (Å²) in [4.78, 5) is 29.6. The molecule has 5 nitrogen and oxygen atoms in total. The lowest BCUT2D eigenvalue weighted by Gasteiger charge is -2.07. The fourth-order valence-electron chi connectivity index (χ4n) is 2.72. The molecule has 0 radical (unpaired) electrons. The summed E-state index contributed by atoms with van der Waals surface area (Å²) in [6.45, 7) is 3.83. The van der Waals surface area contributed by atoms with Crippen LogP contribution in [0, 0.1) is 13.8 Å². The highest BCUT2D eigenvalue weighted by molar-refractivity contribution is 7.15. The largest absolute Gasteiger partial charge is 0.343 e. The van der Waals surface area contributed by atoms with Gasteiger partial charge in [0.2, 0.25) is 5.91 Å². The summed E-state index contributed by atoms with van der Waals surface area (Å²) in [5.74, 6) is -0.559. The average molecular weight is 379 g/mol. The number of rotatable bonds is 6. The van der Waals surface area contributed by atoms with E-state index in [9.17, 15) is 9.59 Å². The molecule has 0 bridgehead atoms. The molecule has 0 aliphatic carbocycles. The Morgan fingerprint density at radius 2 is 1.89 bits per heavy atom. The van der Waals surface area contributed by atoms with Gasteiger partial charge in [-0.05, 0) is 31.0 Å². The highest BCUT2D eigenvalue weighted by atomic mass is 32.1. The van der Waals surface area contributed by atoms with Crippen molar-refractivity contribution < 1.29 is 9.59 Å². The fourth-order valence-corrected chi connectivity index (χ4v) is 3.58. The molecule has 2 aromatic carbocycles. The third-order valence-electron chi connectivity index (χ3n) is 4.06. The van der Waals surface area contributed by atoms with Crippen LogP contribution in [0.4, 0.5) is 5.13 Å². The molecule has 0 saturated heterocycles. The van der Waals surface area contributed by atoms with Gasteiger partial charge in [-0.2, -0.15) is 0 Å². The molecular formula is C21H21N3O2S. The summed E-state index contributed by atoms with van der Waals surface area (Å²) in [7, 11) is 0. The van der Waals surface area contributed by atoms with Gasteiger partial charge in [-0.25, -0.2) is 4.98 Å². The van der Waals surface area contributed by atoms with Crippen LogP contribution in [0.2, 0.25) is 0 Å². The molecule has 0 fully saturated rings. The van der Waals surface area contributed by atoms with Crippen molar-refractivity contribution in [2.45, 2.75) is 20.3 Å². The minimum absolute atomic E-state index is 0.0973. The number of thiazole rings is 1. The summed E-state index contributed by atoms with van der Waals surface area (Å²) in [6.07, 6.45) is 2.55. The van der Waals surface area contributed by atoms with Gasteiger partial charge in [0.15, 0.2) is 5.13 Å². The molecule has 138 valence electrons. The second kappa shape index (κ2) is 8.60. The summed E-state index contributed by atoms with van der Waals surface area (Å²) in [5.41, 5.74) is 3.87. The van der Waals surface area contributed by atoms with E-state index in [4.69, 9.17) is 0 Å². The first kappa shape index (κ1) is 18.8. The molecule has 2 N–H and O–H groups in total. The highest BCUT2D eigenvalue weighted by Crippen LogP contribution is 2.21. The summed E-state index contributed by atoms with van der Waals surface area (Å²) in [5, 5.41) is 5.91. The Labute approximate surface area is 162 Å². The van der Waals surface area contributed by atoms with E-state index < -0.39 is 0 Å². The van der Waals surface area contributed by atoms with Crippen LogP contribution in [0.5, 0.6) is 0 Å². The SMILES string of the molecule is Cc1cccc(Cc2cnc(NC(=O)CNC(=O)c3ccccc3C)s2)c1. The van der Waals surface area contributed by atoms with E-state index in [1.807, 2.05) is 25.1 Å². The molecule has 0 spiro atoms. The highest BCUT2D eigenvalue weighted by Gasteiger charge is 2.11. The van der Waals surface area contributed by atoms with Gasteiger partial charge in [-0.1, -0.05) is 48.0 Å². The number of aryl methyl sites for hydroxylation is 2. The monoisotopic (exact) mass is 379 g/mol. The molecule has 0 saturated carbocycles. The fraction of sp³-hybridized carbons (Fsp3) is 0.190. The molecule has 6 heteroatoms. The molecule has 0 atom stereocenters. The molecule has 1 heterocycles. The Kier molecular flexibility index (Phi) is 5.98. The van der Waals surface area contributed by atoms with Gasteiger partial charge in [0, 0.05) is 23.1 Å². The van der Waals surface area contributed by atoms with Gasteiger partial charge in [-0.15, -0.1) is 11.3 Å². The average Bonchev–Trinajstić information content (AvgIpc) is 3.07. The zero-order chi connectivity index (χ0) is 19.2. The molecule has 27 heavy (non-hydrogen) atoms. The topological polar surface area (TPSA) is 71.1 Å². The van der Waals surface area contributed by atoms with Crippen LogP contribution < -0.4 is 10.6 Å². The van der Waals surface area contributed by atoms with E-state index in [1.54, 1.807) is 18.3 Å². The third kappa shape index (κ3) is 5.24. The Balaban J connectivity index is 1.52. The van der Waals surface area contributed by atoms with E-state index in [2.05, 4.69) is 40.7 Å². The van der Waals surface area contributed by atoms with Gasteiger partial charge in [0.1, 0.15) is 0 Å². The minimum atomic E-state index is -0.298. The Morgan fingerprint density at radius 1 is 1.07 bits per heavy atom. The summed E-state index contributed by atoms with van der Waals surface area (Å²) >= 11 is 1.44. The number of amides is 2. The van der Waals surface area contributed by atoms with Crippen molar-refractivity contribution >= 4 is 28.3 Å². The minimum Gasteiger partial charge on any atom is -0.343 e. The molecule has 0 unspecified atom stereocenters. The first-order valence-electron chi connectivity index (χ1n) is 8.65. The molecule has 0 aliphatic heterocycles. The smallest absolute Gasteiger partial charge is 0.251 e. The van der Waals surface area contributed by atoms with Crippen LogP contribution in [-0.4, -0.2) is 23.3 Å². The number of nitrogens with zero attached hydrogens (tertiary/aromatic N) is 1. The van der Waals surface area contributed by atoms with Crippen LogP contribution in [0.3, 0.4) is 0 Å². The molecular weight excluding hydrogens is 358 g/mol.